The number of hydrogen-bond donors (Lipinski definition) is 7. The normalized spacial score (nSPS) is 10.5. The maximum atomic E-state index is 11.0. The van der Waals surface area contributed by atoms with Gasteiger partial charge in [-0.2, -0.15) is 8.42 Å². The smallest absolute Gasteiger partial charge is 0.550 e. The summed E-state index contributed by atoms with van der Waals surface area (Å²) in [5.41, 5.74) is 0.0863. The standard InChI is InChI=1S/C10H7NO2.C9H5Cl2NO.C9H6ClNO.C9H7NO4S.2C9H7NO.C6H8O7.Cu/c12-10(13)8-5-1-3-7-4-2-6-11-9(7)8;10-6-4-7(11)9(13)8-5(6)2-1-3-12-8;10-7-3-4-8(12)9-6(7)2-1-5-11-9;11-7-3-4-8(15(12,13)14)6-2-1-5-10-9(6)7;2*11-8-5-1-3-7-4-2-6-10-9(7)8;7-3(8)1-6(13,5(11)12)2-4(9)10;/h1-6H,(H,12,13);1-4,13H;1-5,12H;1-5,11H,(H,12,13,14);2*1-6,11H;13H,1-2H2,(H,7,8)(H,9,10)(H,11,12);/q;;;;;;;+4/p-4. The summed E-state index contributed by atoms with van der Waals surface area (Å²) in [6, 6.07) is 43.9. The summed E-state index contributed by atoms with van der Waals surface area (Å²) < 4.78 is 30.9. The average molecular weight is 1330 g/mol. The number of hydrogen-bond acceptors (Lipinski definition) is 22. The van der Waals surface area contributed by atoms with Crippen molar-refractivity contribution >= 4 is 134 Å². The van der Waals surface area contributed by atoms with Crippen molar-refractivity contribution in [1.29, 1.82) is 0 Å². The second kappa shape index (κ2) is 32.1. The second-order valence-electron chi connectivity index (χ2n) is 17.8. The number of aliphatic carboxylic acids is 3. The zero-order valence-corrected chi connectivity index (χ0v) is 49.2. The van der Waals surface area contributed by atoms with Gasteiger partial charge in [-0.3, -0.25) is 34.5 Å². The number of aromatic carboxylic acids is 1. The van der Waals surface area contributed by atoms with Crippen molar-refractivity contribution in [3.8, 4) is 28.7 Å². The van der Waals surface area contributed by atoms with Gasteiger partial charge in [-0.1, -0.05) is 95.5 Å². The van der Waals surface area contributed by atoms with Crippen LogP contribution in [-0.2, 0) is 41.6 Å². The first kappa shape index (κ1) is 69.7. The minimum Gasteiger partial charge on any atom is -0.550 e. The minimum absolute atomic E-state index is 0. The minimum atomic E-state index is -4.30. The molecule has 6 aromatic carbocycles. The number of aromatic nitrogens is 6. The molecule has 0 aliphatic carbocycles. The number of phenolic OH excluding ortho intramolecular Hbond substituents is 5. The van der Waals surface area contributed by atoms with Gasteiger partial charge in [0, 0.05) is 99.8 Å². The van der Waals surface area contributed by atoms with Crippen LogP contribution in [-0.4, -0.2) is 103 Å². The third-order valence-corrected chi connectivity index (χ3v) is 13.6. The fraction of sp³-hybridized carbons (Fsp3) is 0.0492. The fourth-order valence-electron chi connectivity index (χ4n) is 7.77. The van der Waals surface area contributed by atoms with Crippen molar-refractivity contribution in [2.45, 2.75) is 23.3 Å². The monoisotopic (exact) mass is 1330 g/mol. The number of aliphatic hydroxyl groups is 1. The Hall–Kier alpha value is -10.1. The second-order valence-corrected chi connectivity index (χ2v) is 20.4. The Morgan fingerprint density at radius 1 is 0.427 bits per heavy atom. The molecule has 6 heterocycles. The van der Waals surface area contributed by atoms with Gasteiger partial charge < -0.3 is 70.2 Å². The van der Waals surface area contributed by atoms with Crippen molar-refractivity contribution in [1.82, 2.24) is 29.9 Å². The van der Waals surface area contributed by atoms with Crippen LogP contribution < -0.4 is 20.4 Å². The Bertz CT molecular complexity index is 4490. The van der Waals surface area contributed by atoms with E-state index in [1.165, 1.54) is 42.6 Å². The molecule has 6 aromatic heterocycles. The molecule has 0 amide bonds. The van der Waals surface area contributed by atoms with Crippen LogP contribution in [0, 0.1) is 0 Å². The van der Waals surface area contributed by atoms with Gasteiger partial charge in [-0.05, 0) is 97.1 Å². The number of carbonyl (C=O) groups excluding carboxylic acids is 4. The number of pyridine rings is 6. The van der Waals surface area contributed by atoms with E-state index in [2.05, 4.69) is 29.9 Å². The molecule has 28 heteroatoms. The Labute approximate surface area is 528 Å². The molecule has 0 saturated carbocycles. The SMILES string of the molecule is O=C([O-])CC(O)(CC(=O)[O-])C(=O)[O-].O=C([O-])c1cccc2cccnc12.O=S(=O)(O)c1ccc(O)c2ncccc12.Oc1c(Cl)cc(Cl)c2cccnc12.Oc1ccc(Cl)c2cccnc12.Oc1cccc2cccnc12.Oc1cccc2cccnc12.[Cu+4]. The molecule has 0 aliphatic rings. The number of para-hydroxylation sites is 3. The summed E-state index contributed by atoms with van der Waals surface area (Å²) in [7, 11) is -4.30. The van der Waals surface area contributed by atoms with Crippen LogP contribution >= 0.6 is 34.8 Å². The molecule has 457 valence electrons. The number of nitrogens with zero attached hydrogens (tertiary/aromatic N) is 6. The molecular weight excluding hydrogens is 1290 g/mol. The first-order valence-corrected chi connectivity index (χ1v) is 27.5. The molecule has 0 unspecified atom stereocenters. The van der Waals surface area contributed by atoms with E-state index in [1.807, 2.05) is 54.6 Å². The molecule has 12 rings (SSSR count). The van der Waals surface area contributed by atoms with E-state index in [9.17, 15) is 73.6 Å². The van der Waals surface area contributed by atoms with E-state index in [0.717, 1.165) is 27.6 Å². The van der Waals surface area contributed by atoms with E-state index in [4.69, 9.17) is 44.5 Å². The first-order chi connectivity index (χ1) is 41.8. The average Bonchev–Trinajstić information content (AvgIpc) is 1.87. The van der Waals surface area contributed by atoms with Crippen molar-refractivity contribution in [2.75, 3.05) is 0 Å². The van der Waals surface area contributed by atoms with Crippen molar-refractivity contribution in [2.24, 2.45) is 0 Å². The molecule has 0 bridgehead atoms. The molecule has 0 spiro atoms. The van der Waals surface area contributed by atoms with Gasteiger partial charge in [0.15, 0.2) is 5.75 Å². The number of benzene rings is 6. The van der Waals surface area contributed by atoms with E-state index in [-0.39, 0.29) is 72.2 Å². The molecule has 12 aromatic rings. The van der Waals surface area contributed by atoms with Crippen molar-refractivity contribution < 1.29 is 100 Å². The zero-order chi connectivity index (χ0) is 64.3. The first-order valence-electron chi connectivity index (χ1n) is 24.9. The Morgan fingerprint density at radius 2 is 0.787 bits per heavy atom. The summed E-state index contributed by atoms with van der Waals surface area (Å²) in [6.45, 7) is 0. The topological polar surface area (TPSA) is 414 Å². The Morgan fingerprint density at radius 3 is 1.21 bits per heavy atom. The molecule has 0 saturated heterocycles. The molecule has 0 atom stereocenters. The number of phenols is 5. The van der Waals surface area contributed by atoms with E-state index >= 15 is 0 Å². The van der Waals surface area contributed by atoms with Gasteiger partial charge in [-0.25, -0.2) is 0 Å². The van der Waals surface area contributed by atoms with Crippen LogP contribution in [0.4, 0.5) is 0 Å². The Kier molecular flexibility index (Phi) is 25.1. The van der Waals surface area contributed by atoms with Crippen LogP contribution in [0.5, 0.6) is 28.7 Å². The largest absolute Gasteiger partial charge is 4.00 e. The maximum absolute atomic E-state index is 11.0. The van der Waals surface area contributed by atoms with E-state index < -0.39 is 52.4 Å². The van der Waals surface area contributed by atoms with Crippen LogP contribution in [0.1, 0.15) is 23.2 Å². The van der Waals surface area contributed by atoms with Crippen molar-refractivity contribution in [3.63, 3.8) is 0 Å². The van der Waals surface area contributed by atoms with Gasteiger partial charge in [-0.15, -0.1) is 0 Å². The molecule has 89 heavy (non-hydrogen) atoms. The van der Waals surface area contributed by atoms with E-state index in [1.54, 1.807) is 91.6 Å². The summed E-state index contributed by atoms with van der Waals surface area (Å²) in [6.07, 6.45) is 6.81. The van der Waals surface area contributed by atoms with Crippen LogP contribution in [0.15, 0.2) is 200 Å². The summed E-state index contributed by atoms with van der Waals surface area (Å²) in [4.78, 5) is 64.3. The number of halogens is 3. The predicted octanol–water partition coefficient (Wildman–Crippen LogP) is 6.25. The van der Waals surface area contributed by atoms with Gasteiger partial charge >= 0.3 is 17.1 Å². The Balaban J connectivity index is 0.000000189. The summed E-state index contributed by atoms with van der Waals surface area (Å²) in [5.74, 6) is -6.69. The number of aromatic hydroxyl groups is 5. The number of carbonyl (C=O) groups is 4. The molecule has 0 fully saturated rings. The predicted molar refractivity (Wildman–Crippen MR) is 317 cm³/mol. The number of rotatable bonds is 7. The maximum Gasteiger partial charge on any atom is 4.00 e. The third kappa shape index (κ3) is 19.0. The van der Waals surface area contributed by atoms with Crippen LogP contribution in [0.3, 0.4) is 0 Å². The van der Waals surface area contributed by atoms with Gasteiger partial charge in [0.2, 0.25) is 0 Å². The quantitative estimate of drug-likeness (QED) is 0.0684. The number of carboxylic acids is 4. The fourth-order valence-corrected chi connectivity index (χ4v) is 9.18. The van der Waals surface area contributed by atoms with E-state index in [0.29, 0.717) is 43.0 Å². The zero-order valence-electron chi connectivity index (χ0n) is 45.1. The van der Waals surface area contributed by atoms with Gasteiger partial charge in [0.1, 0.15) is 61.1 Å². The molecule has 23 nitrogen and oxygen atoms in total. The van der Waals surface area contributed by atoms with Crippen LogP contribution in [0.2, 0.25) is 15.1 Å². The number of fused-ring (bicyclic) bond motifs is 6. The van der Waals surface area contributed by atoms with Crippen molar-refractivity contribution in [3.05, 3.63) is 216 Å². The third-order valence-electron chi connectivity index (χ3n) is 11.8. The van der Waals surface area contributed by atoms with Crippen LogP contribution in [0.25, 0.3) is 65.4 Å². The number of carboxylic acid groups (broad SMARTS) is 4. The summed E-state index contributed by atoms with van der Waals surface area (Å²) in [5, 5.41) is 102. The van der Waals surface area contributed by atoms with Gasteiger partial charge in [0.25, 0.3) is 10.1 Å². The molecular formula is C61H43Cl3CuN6O17S. The summed E-state index contributed by atoms with van der Waals surface area (Å²) >= 11 is 17.5. The molecule has 7 N–H and O–H groups in total. The molecule has 1 radical (unpaired) electrons. The van der Waals surface area contributed by atoms with Gasteiger partial charge in [0.05, 0.1) is 32.5 Å². The molecule has 0 aliphatic heterocycles.